The molecule has 0 atom stereocenters. The average molecular weight is 777 g/mol. The van der Waals surface area contributed by atoms with Gasteiger partial charge in [0.05, 0.1) is 0 Å². The van der Waals surface area contributed by atoms with Crippen LogP contribution in [0, 0.1) is 0 Å². The zero-order valence-corrected chi connectivity index (χ0v) is 33.1. The highest BCUT2D eigenvalue weighted by Crippen LogP contribution is 2.45. The minimum absolute atomic E-state index is 1.14. The van der Waals surface area contributed by atoms with Crippen LogP contribution < -0.4 is 9.80 Å². The van der Waals surface area contributed by atoms with Gasteiger partial charge in [-0.1, -0.05) is 127 Å². The highest BCUT2D eigenvalue weighted by atomic mass is 32.1. The van der Waals surface area contributed by atoms with Crippen molar-refractivity contribution < 1.29 is 0 Å². The van der Waals surface area contributed by atoms with Crippen LogP contribution in [0.5, 0.6) is 0 Å². The Labute approximate surface area is 345 Å². The zero-order valence-electron chi connectivity index (χ0n) is 31.5. The summed E-state index contributed by atoms with van der Waals surface area (Å²) in [6.07, 6.45) is 0. The van der Waals surface area contributed by atoms with Gasteiger partial charge in [-0.2, -0.15) is 0 Å². The fourth-order valence-corrected chi connectivity index (χ4v) is 10.6. The van der Waals surface area contributed by atoms with Crippen molar-refractivity contribution in [1.29, 1.82) is 0 Å². The van der Waals surface area contributed by atoms with Crippen LogP contribution in [0.25, 0.3) is 62.6 Å². The number of rotatable bonds is 8. The molecule has 0 spiro atoms. The Bertz CT molecular complexity index is 3130. The van der Waals surface area contributed by atoms with Crippen molar-refractivity contribution in [1.82, 2.24) is 0 Å². The van der Waals surface area contributed by atoms with Gasteiger partial charge in [-0.25, -0.2) is 0 Å². The topological polar surface area (TPSA) is 6.48 Å². The number of anilines is 6. The molecule has 11 aromatic rings. The second-order valence-corrected chi connectivity index (χ2v) is 16.7. The van der Waals surface area contributed by atoms with Gasteiger partial charge >= 0.3 is 0 Å². The molecule has 0 aliphatic heterocycles. The predicted octanol–water partition coefficient (Wildman–Crippen LogP) is 16.7. The van der Waals surface area contributed by atoms with Gasteiger partial charge in [-0.15, -0.1) is 22.7 Å². The first-order chi connectivity index (χ1) is 28.7. The van der Waals surface area contributed by atoms with E-state index in [1.807, 2.05) is 22.7 Å². The van der Waals surface area contributed by atoms with E-state index in [-0.39, 0.29) is 0 Å². The Morgan fingerprint density at radius 3 is 1.26 bits per heavy atom. The molecular weight excluding hydrogens is 741 g/mol. The Morgan fingerprint density at radius 1 is 0.259 bits per heavy atom. The molecule has 4 heteroatoms. The van der Waals surface area contributed by atoms with E-state index >= 15 is 0 Å². The van der Waals surface area contributed by atoms with Crippen molar-refractivity contribution in [2.24, 2.45) is 0 Å². The van der Waals surface area contributed by atoms with Crippen LogP contribution >= 0.6 is 22.7 Å². The Balaban J connectivity index is 0.922. The van der Waals surface area contributed by atoms with E-state index in [9.17, 15) is 0 Å². The molecule has 0 saturated heterocycles. The van der Waals surface area contributed by atoms with Crippen LogP contribution in [0.2, 0.25) is 0 Å². The molecule has 2 nitrogen and oxygen atoms in total. The third kappa shape index (κ3) is 6.11. The van der Waals surface area contributed by atoms with E-state index < -0.39 is 0 Å². The van der Waals surface area contributed by atoms with Gasteiger partial charge in [-0.05, 0) is 113 Å². The van der Waals surface area contributed by atoms with E-state index in [0.717, 1.165) is 34.1 Å². The summed E-state index contributed by atoms with van der Waals surface area (Å²) in [5.74, 6) is 0. The summed E-state index contributed by atoms with van der Waals surface area (Å²) < 4.78 is 5.20. The molecule has 0 unspecified atom stereocenters. The number of benzene rings is 9. The Morgan fingerprint density at radius 2 is 0.724 bits per heavy atom. The molecule has 274 valence electrons. The van der Waals surface area contributed by atoms with E-state index in [1.54, 1.807) is 0 Å². The van der Waals surface area contributed by atoms with Crippen molar-refractivity contribution in [3.05, 3.63) is 218 Å². The number of para-hydroxylation sites is 4. The van der Waals surface area contributed by atoms with Crippen LogP contribution in [0.4, 0.5) is 34.1 Å². The minimum Gasteiger partial charge on any atom is -0.310 e. The average Bonchev–Trinajstić information content (AvgIpc) is 3.86. The number of fused-ring (bicyclic) bond motifs is 6. The maximum absolute atomic E-state index is 2.36. The van der Waals surface area contributed by atoms with Crippen LogP contribution in [0.3, 0.4) is 0 Å². The van der Waals surface area contributed by atoms with Crippen LogP contribution in [0.1, 0.15) is 0 Å². The predicted molar refractivity (Wildman–Crippen MR) is 252 cm³/mol. The second-order valence-electron chi connectivity index (χ2n) is 14.5. The van der Waals surface area contributed by atoms with E-state index in [4.69, 9.17) is 0 Å². The Kier molecular flexibility index (Phi) is 8.58. The lowest BCUT2D eigenvalue weighted by molar-refractivity contribution is 1.29. The highest BCUT2D eigenvalue weighted by Gasteiger charge is 2.17. The van der Waals surface area contributed by atoms with Crippen molar-refractivity contribution >= 4 is 97.1 Å². The van der Waals surface area contributed by atoms with Crippen molar-refractivity contribution in [2.75, 3.05) is 9.80 Å². The summed E-state index contributed by atoms with van der Waals surface area (Å²) in [7, 11) is 0. The highest BCUT2D eigenvalue weighted by molar-refractivity contribution is 7.26. The molecule has 0 radical (unpaired) electrons. The van der Waals surface area contributed by atoms with Crippen molar-refractivity contribution in [2.45, 2.75) is 0 Å². The summed E-state index contributed by atoms with van der Waals surface area (Å²) in [5.41, 5.74) is 11.8. The maximum Gasteiger partial charge on any atom is 0.0468 e. The summed E-state index contributed by atoms with van der Waals surface area (Å²) >= 11 is 3.74. The lowest BCUT2D eigenvalue weighted by Gasteiger charge is -2.25. The third-order valence-electron chi connectivity index (χ3n) is 11.0. The molecule has 2 aromatic heterocycles. The summed E-state index contributed by atoms with van der Waals surface area (Å²) in [4.78, 5) is 4.67. The van der Waals surface area contributed by atoms with Gasteiger partial charge in [0.25, 0.3) is 0 Å². The molecule has 0 bridgehead atoms. The van der Waals surface area contributed by atoms with E-state index in [1.165, 1.54) is 62.6 Å². The largest absolute Gasteiger partial charge is 0.310 e. The number of nitrogens with zero attached hydrogens (tertiary/aromatic N) is 2. The standard InChI is InChI=1S/C54H36N2S2/c1-5-14-40(15-6-1)55(41-16-7-2-8-17-41)44-29-32-51-49(35-44)47-31-28-39(34-53(47)57-51)37-24-26-38(27-25-37)46-22-13-23-48-50-36-45(30-33-52(50)58-54(46)48)56(42-18-9-3-10-19-42)43-20-11-4-12-21-43/h1-36H. The van der Waals surface area contributed by atoms with Gasteiger partial charge in [0.15, 0.2) is 0 Å². The summed E-state index contributed by atoms with van der Waals surface area (Å²) in [6, 6.07) is 79.1. The first kappa shape index (κ1) is 34.3. The molecule has 11 rings (SSSR count). The van der Waals surface area contributed by atoms with Gasteiger partial charge in [0, 0.05) is 74.5 Å². The molecule has 58 heavy (non-hydrogen) atoms. The first-order valence-electron chi connectivity index (χ1n) is 19.6. The lowest BCUT2D eigenvalue weighted by Crippen LogP contribution is -2.09. The van der Waals surface area contributed by atoms with E-state index in [0.29, 0.717) is 0 Å². The molecule has 0 N–H and O–H groups in total. The summed E-state index contributed by atoms with van der Waals surface area (Å²) in [5, 5.41) is 5.15. The molecule has 0 saturated carbocycles. The second kappa shape index (κ2) is 14.5. The number of hydrogen-bond donors (Lipinski definition) is 0. The molecule has 0 amide bonds. The zero-order chi connectivity index (χ0) is 38.4. The lowest BCUT2D eigenvalue weighted by atomic mass is 9.98. The van der Waals surface area contributed by atoms with Crippen LogP contribution in [0.15, 0.2) is 218 Å². The van der Waals surface area contributed by atoms with Gasteiger partial charge in [0.1, 0.15) is 0 Å². The SMILES string of the molecule is c1ccc(N(c2ccccc2)c2ccc3sc4cc(-c5ccc(-c6cccc7c6sc6ccc(N(c8ccccc8)c8ccccc8)cc67)cc5)ccc4c3c2)cc1. The minimum atomic E-state index is 1.14. The molecule has 0 aliphatic carbocycles. The third-order valence-corrected chi connectivity index (χ3v) is 13.4. The van der Waals surface area contributed by atoms with E-state index in [2.05, 4.69) is 228 Å². The number of hydrogen-bond acceptors (Lipinski definition) is 4. The fraction of sp³-hybridized carbons (Fsp3) is 0. The Hall–Kier alpha value is -6.98. The van der Waals surface area contributed by atoms with Gasteiger partial charge < -0.3 is 9.80 Å². The maximum atomic E-state index is 2.36. The quantitative estimate of drug-likeness (QED) is 0.152. The first-order valence-corrected chi connectivity index (χ1v) is 21.2. The molecular formula is C54H36N2S2. The van der Waals surface area contributed by atoms with Crippen LogP contribution in [-0.2, 0) is 0 Å². The van der Waals surface area contributed by atoms with Crippen molar-refractivity contribution in [3.8, 4) is 22.3 Å². The van der Waals surface area contributed by atoms with Crippen LogP contribution in [-0.4, -0.2) is 0 Å². The fourth-order valence-electron chi connectivity index (χ4n) is 8.28. The normalized spacial score (nSPS) is 11.4. The molecule has 0 aliphatic rings. The molecule has 2 heterocycles. The van der Waals surface area contributed by atoms with Gasteiger partial charge in [-0.3, -0.25) is 0 Å². The summed E-state index contributed by atoms with van der Waals surface area (Å²) in [6.45, 7) is 0. The smallest absolute Gasteiger partial charge is 0.0468 e. The van der Waals surface area contributed by atoms with Crippen molar-refractivity contribution in [3.63, 3.8) is 0 Å². The molecule has 9 aromatic carbocycles. The number of thiophene rings is 2. The monoisotopic (exact) mass is 776 g/mol. The molecule has 0 fully saturated rings. The van der Waals surface area contributed by atoms with Gasteiger partial charge in [0.2, 0.25) is 0 Å².